The van der Waals surface area contributed by atoms with E-state index in [2.05, 4.69) is 28.9 Å². The van der Waals surface area contributed by atoms with Crippen LogP contribution in [0.1, 0.15) is 50.4 Å². The molecule has 8 heteroatoms. The molecule has 0 spiro atoms. The molecule has 2 aliphatic rings. The number of amides is 1. The van der Waals surface area contributed by atoms with Gasteiger partial charge in [-0.1, -0.05) is 37.9 Å². The summed E-state index contributed by atoms with van der Waals surface area (Å²) in [4.78, 5) is 19.6. The molecule has 1 fully saturated rings. The number of rotatable bonds is 7. The van der Waals surface area contributed by atoms with Gasteiger partial charge in [-0.3, -0.25) is 4.79 Å². The molecule has 2 aromatic rings. The van der Waals surface area contributed by atoms with Crippen LogP contribution in [-0.2, 0) is 17.1 Å². The third kappa shape index (κ3) is 4.74. The predicted molar refractivity (Wildman–Crippen MR) is 114 cm³/mol. The second kappa shape index (κ2) is 9.29. The van der Waals surface area contributed by atoms with E-state index in [1.807, 2.05) is 18.2 Å². The standard InChI is InChI=1S/C22H29N3O4S/c1-14-5-4-6-18(15(14)2)25(10-17-7-8-19-20(9-17)28-13-27-19)22(26)12-30-11-21-23-16(3)29-24-21/h7-9,14-15,18H,4-6,10-13H2,1-3H3. The maximum absolute atomic E-state index is 13.3. The number of hydrogen-bond donors (Lipinski definition) is 0. The Bertz CT molecular complexity index is 887. The van der Waals surface area contributed by atoms with Crippen molar-refractivity contribution in [3.8, 4) is 11.5 Å². The van der Waals surface area contributed by atoms with Crippen LogP contribution in [-0.4, -0.2) is 39.5 Å². The molecule has 1 aliphatic carbocycles. The van der Waals surface area contributed by atoms with Crippen LogP contribution in [0.15, 0.2) is 22.7 Å². The molecule has 162 valence electrons. The molecule has 4 rings (SSSR count). The van der Waals surface area contributed by atoms with E-state index < -0.39 is 0 Å². The summed E-state index contributed by atoms with van der Waals surface area (Å²) in [6.45, 7) is 7.19. The van der Waals surface area contributed by atoms with Crippen molar-refractivity contribution in [1.82, 2.24) is 15.0 Å². The van der Waals surface area contributed by atoms with Crippen molar-refractivity contribution >= 4 is 17.7 Å². The fourth-order valence-corrected chi connectivity index (χ4v) is 5.07. The van der Waals surface area contributed by atoms with Crippen LogP contribution < -0.4 is 9.47 Å². The number of aryl methyl sites for hydroxylation is 1. The second-order valence-corrected chi connectivity index (χ2v) is 9.25. The van der Waals surface area contributed by atoms with Gasteiger partial charge in [-0.05, 0) is 36.0 Å². The van der Waals surface area contributed by atoms with Crippen molar-refractivity contribution in [2.75, 3.05) is 12.5 Å². The molecule has 1 aromatic carbocycles. The van der Waals surface area contributed by atoms with E-state index >= 15 is 0 Å². The largest absolute Gasteiger partial charge is 0.454 e. The van der Waals surface area contributed by atoms with Crippen LogP contribution in [0.3, 0.4) is 0 Å². The van der Waals surface area contributed by atoms with E-state index in [1.165, 1.54) is 18.2 Å². The normalized spacial score (nSPS) is 22.8. The fourth-order valence-electron chi connectivity index (χ4n) is 4.33. The second-order valence-electron chi connectivity index (χ2n) is 8.27. The molecular formula is C22H29N3O4S. The zero-order chi connectivity index (χ0) is 21.1. The monoisotopic (exact) mass is 431 g/mol. The summed E-state index contributed by atoms with van der Waals surface area (Å²) in [5.74, 6) is 4.91. The zero-order valence-electron chi connectivity index (χ0n) is 17.8. The molecule has 3 atom stereocenters. The highest BCUT2D eigenvalue weighted by atomic mass is 32.2. The minimum Gasteiger partial charge on any atom is -0.454 e. The zero-order valence-corrected chi connectivity index (χ0v) is 18.6. The summed E-state index contributed by atoms with van der Waals surface area (Å²) in [6, 6.07) is 6.20. The van der Waals surface area contributed by atoms with Gasteiger partial charge >= 0.3 is 0 Å². The number of carbonyl (C=O) groups excluding carboxylic acids is 1. The Labute approximate surface area is 181 Å². The molecule has 0 N–H and O–H groups in total. The molecule has 1 amide bonds. The molecule has 30 heavy (non-hydrogen) atoms. The first-order chi connectivity index (χ1) is 14.5. The van der Waals surface area contributed by atoms with Gasteiger partial charge in [0.25, 0.3) is 0 Å². The van der Waals surface area contributed by atoms with Crippen molar-refractivity contribution in [2.45, 2.75) is 58.4 Å². The van der Waals surface area contributed by atoms with Crippen molar-refractivity contribution in [3.05, 3.63) is 35.5 Å². The van der Waals surface area contributed by atoms with Gasteiger partial charge in [0.2, 0.25) is 18.6 Å². The first-order valence-electron chi connectivity index (χ1n) is 10.6. The minimum atomic E-state index is 0.156. The van der Waals surface area contributed by atoms with Crippen molar-refractivity contribution in [2.24, 2.45) is 11.8 Å². The molecule has 1 aromatic heterocycles. The molecule has 1 saturated carbocycles. The molecule has 0 saturated heterocycles. The number of ether oxygens (including phenoxy) is 2. The Kier molecular flexibility index (Phi) is 6.51. The van der Waals surface area contributed by atoms with Crippen LogP contribution in [0, 0.1) is 18.8 Å². The van der Waals surface area contributed by atoms with Crippen LogP contribution in [0.4, 0.5) is 0 Å². The van der Waals surface area contributed by atoms with E-state index in [1.54, 1.807) is 6.92 Å². The lowest BCUT2D eigenvalue weighted by Gasteiger charge is -2.41. The van der Waals surface area contributed by atoms with E-state index in [-0.39, 0.29) is 18.7 Å². The average Bonchev–Trinajstić information content (AvgIpc) is 3.36. The molecule has 0 bridgehead atoms. The molecule has 2 heterocycles. The number of carbonyl (C=O) groups is 1. The van der Waals surface area contributed by atoms with Crippen molar-refractivity contribution < 1.29 is 18.8 Å². The maximum atomic E-state index is 13.3. The summed E-state index contributed by atoms with van der Waals surface area (Å²) < 4.78 is 16.0. The minimum absolute atomic E-state index is 0.156. The van der Waals surface area contributed by atoms with Gasteiger partial charge in [-0.25, -0.2) is 0 Å². The fraction of sp³-hybridized carbons (Fsp3) is 0.591. The first kappa shape index (κ1) is 21.0. The molecular weight excluding hydrogens is 402 g/mol. The van der Waals surface area contributed by atoms with E-state index in [9.17, 15) is 4.79 Å². The van der Waals surface area contributed by atoms with Gasteiger partial charge in [0.05, 0.1) is 11.5 Å². The van der Waals surface area contributed by atoms with Crippen LogP contribution in [0.25, 0.3) is 0 Å². The topological polar surface area (TPSA) is 77.7 Å². The van der Waals surface area contributed by atoms with Gasteiger partial charge in [0.15, 0.2) is 17.3 Å². The SMILES string of the molecule is Cc1nc(CSCC(=O)N(Cc2ccc3c(c2)OCO3)C2CCCC(C)C2C)no1. The Morgan fingerprint density at radius 2 is 2.07 bits per heavy atom. The Morgan fingerprint density at radius 3 is 2.87 bits per heavy atom. The predicted octanol–water partition coefficient (Wildman–Crippen LogP) is 4.19. The van der Waals surface area contributed by atoms with Gasteiger partial charge in [-0.15, -0.1) is 11.8 Å². The Balaban J connectivity index is 1.46. The van der Waals surface area contributed by atoms with Gasteiger partial charge < -0.3 is 18.9 Å². The summed E-state index contributed by atoms with van der Waals surface area (Å²) in [6.07, 6.45) is 3.45. The number of thioether (sulfide) groups is 1. The number of aromatic nitrogens is 2. The number of nitrogens with zero attached hydrogens (tertiary/aromatic N) is 3. The van der Waals surface area contributed by atoms with Crippen molar-refractivity contribution in [3.63, 3.8) is 0 Å². The highest BCUT2D eigenvalue weighted by Gasteiger charge is 2.34. The number of hydrogen-bond acceptors (Lipinski definition) is 7. The summed E-state index contributed by atoms with van der Waals surface area (Å²) in [5.41, 5.74) is 1.07. The summed E-state index contributed by atoms with van der Waals surface area (Å²) in [7, 11) is 0. The van der Waals surface area contributed by atoms with E-state index in [0.717, 1.165) is 29.9 Å². The molecule has 3 unspecified atom stereocenters. The lowest BCUT2D eigenvalue weighted by atomic mass is 9.77. The molecule has 0 radical (unpaired) electrons. The van der Waals surface area contributed by atoms with Crippen LogP contribution in [0.5, 0.6) is 11.5 Å². The highest BCUT2D eigenvalue weighted by Crippen LogP contribution is 2.36. The lowest BCUT2D eigenvalue weighted by molar-refractivity contribution is -0.133. The quantitative estimate of drug-likeness (QED) is 0.650. The summed E-state index contributed by atoms with van der Waals surface area (Å²) in [5, 5.41) is 3.91. The number of benzene rings is 1. The highest BCUT2D eigenvalue weighted by molar-refractivity contribution is 7.99. The lowest BCUT2D eigenvalue weighted by Crippen LogP contribution is -2.47. The van der Waals surface area contributed by atoms with Crippen LogP contribution in [0.2, 0.25) is 0 Å². The first-order valence-corrected chi connectivity index (χ1v) is 11.7. The Hall–Kier alpha value is -2.22. The van der Waals surface area contributed by atoms with Crippen LogP contribution >= 0.6 is 11.8 Å². The smallest absolute Gasteiger partial charge is 0.233 e. The Morgan fingerprint density at radius 1 is 1.23 bits per heavy atom. The average molecular weight is 432 g/mol. The third-order valence-electron chi connectivity index (χ3n) is 6.20. The van der Waals surface area contributed by atoms with Gasteiger partial charge in [-0.2, -0.15) is 4.98 Å². The number of fused-ring (bicyclic) bond motifs is 1. The van der Waals surface area contributed by atoms with Gasteiger partial charge in [0.1, 0.15) is 0 Å². The van der Waals surface area contributed by atoms with E-state index in [0.29, 0.717) is 41.6 Å². The molecule has 7 nitrogen and oxygen atoms in total. The van der Waals surface area contributed by atoms with Crippen molar-refractivity contribution in [1.29, 1.82) is 0 Å². The molecule has 1 aliphatic heterocycles. The van der Waals surface area contributed by atoms with Gasteiger partial charge in [0, 0.05) is 19.5 Å². The maximum Gasteiger partial charge on any atom is 0.233 e. The third-order valence-corrected chi connectivity index (χ3v) is 7.11. The summed E-state index contributed by atoms with van der Waals surface area (Å²) >= 11 is 1.53. The van der Waals surface area contributed by atoms with E-state index in [4.69, 9.17) is 14.0 Å².